The molecule has 0 atom stereocenters. The SMILES string of the molecule is COc1ccc(N2CCN(Cc3ccc(CO)cc3)CC2)cc1. The summed E-state index contributed by atoms with van der Waals surface area (Å²) in [5.41, 5.74) is 3.54. The lowest BCUT2D eigenvalue weighted by atomic mass is 10.1. The van der Waals surface area contributed by atoms with Crippen molar-refractivity contribution in [2.24, 2.45) is 0 Å². The first kappa shape index (κ1) is 15.8. The number of ether oxygens (including phenoxy) is 1. The zero-order valence-electron chi connectivity index (χ0n) is 13.6. The van der Waals surface area contributed by atoms with Crippen molar-refractivity contribution >= 4 is 5.69 Å². The van der Waals surface area contributed by atoms with Gasteiger partial charge in [0.2, 0.25) is 0 Å². The molecule has 4 nitrogen and oxygen atoms in total. The van der Waals surface area contributed by atoms with Gasteiger partial charge in [-0.1, -0.05) is 24.3 Å². The van der Waals surface area contributed by atoms with Crippen molar-refractivity contribution in [3.63, 3.8) is 0 Å². The number of anilines is 1. The lowest BCUT2D eigenvalue weighted by Gasteiger charge is -2.36. The van der Waals surface area contributed by atoms with Crippen LogP contribution in [0.1, 0.15) is 11.1 Å². The minimum absolute atomic E-state index is 0.112. The van der Waals surface area contributed by atoms with Gasteiger partial charge >= 0.3 is 0 Å². The first-order valence-corrected chi connectivity index (χ1v) is 8.08. The molecule has 2 aromatic rings. The molecule has 1 aliphatic rings. The molecule has 1 heterocycles. The van der Waals surface area contributed by atoms with Crippen LogP contribution in [0, 0.1) is 0 Å². The van der Waals surface area contributed by atoms with E-state index in [4.69, 9.17) is 9.84 Å². The molecule has 1 N–H and O–H groups in total. The molecule has 2 aromatic carbocycles. The molecule has 0 saturated carbocycles. The molecule has 0 unspecified atom stereocenters. The number of methoxy groups -OCH3 is 1. The van der Waals surface area contributed by atoms with Crippen molar-refractivity contribution in [2.75, 3.05) is 38.2 Å². The maximum Gasteiger partial charge on any atom is 0.119 e. The molecule has 4 heteroatoms. The highest BCUT2D eigenvalue weighted by Crippen LogP contribution is 2.21. The third-order valence-corrected chi connectivity index (χ3v) is 4.42. The minimum atomic E-state index is 0.112. The van der Waals surface area contributed by atoms with Crippen molar-refractivity contribution < 1.29 is 9.84 Å². The lowest BCUT2D eigenvalue weighted by Crippen LogP contribution is -2.45. The van der Waals surface area contributed by atoms with Crippen LogP contribution < -0.4 is 9.64 Å². The quantitative estimate of drug-likeness (QED) is 0.920. The van der Waals surface area contributed by atoms with E-state index in [9.17, 15) is 0 Å². The van der Waals surface area contributed by atoms with Crippen molar-refractivity contribution in [1.29, 1.82) is 0 Å². The Hall–Kier alpha value is -2.04. The molecule has 1 fully saturated rings. The summed E-state index contributed by atoms with van der Waals surface area (Å²) in [5.74, 6) is 0.902. The second-order valence-corrected chi connectivity index (χ2v) is 5.94. The third-order valence-electron chi connectivity index (χ3n) is 4.42. The van der Waals surface area contributed by atoms with Gasteiger partial charge in [-0.25, -0.2) is 0 Å². The van der Waals surface area contributed by atoms with E-state index in [1.54, 1.807) is 7.11 Å². The highest BCUT2D eigenvalue weighted by atomic mass is 16.5. The second-order valence-electron chi connectivity index (χ2n) is 5.94. The van der Waals surface area contributed by atoms with Gasteiger partial charge in [0.15, 0.2) is 0 Å². The van der Waals surface area contributed by atoms with Crippen LogP contribution in [0.15, 0.2) is 48.5 Å². The standard InChI is InChI=1S/C19H24N2O2/c1-23-19-8-6-18(7-9-19)21-12-10-20(11-13-21)14-16-2-4-17(15-22)5-3-16/h2-9,22H,10-15H2,1H3. The van der Waals surface area contributed by atoms with Crippen molar-refractivity contribution in [1.82, 2.24) is 4.90 Å². The van der Waals surface area contributed by atoms with E-state index in [0.717, 1.165) is 44.0 Å². The van der Waals surface area contributed by atoms with Gasteiger partial charge in [-0.15, -0.1) is 0 Å². The number of rotatable bonds is 5. The molecule has 0 aromatic heterocycles. The Morgan fingerprint density at radius 1 is 0.870 bits per heavy atom. The summed E-state index contributed by atoms with van der Waals surface area (Å²) < 4.78 is 5.21. The third kappa shape index (κ3) is 4.03. The highest BCUT2D eigenvalue weighted by Gasteiger charge is 2.17. The molecular formula is C19H24N2O2. The van der Waals surface area contributed by atoms with Gasteiger partial charge in [0.1, 0.15) is 5.75 Å². The first-order chi connectivity index (χ1) is 11.3. The molecule has 0 aliphatic carbocycles. The summed E-state index contributed by atoms with van der Waals surface area (Å²) in [4.78, 5) is 4.90. The summed E-state index contributed by atoms with van der Waals surface area (Å²) >= 11 is 0. The van der Waals surface area contributed by atoms with E-state index in [0.29, 0.717) is 0 Å². The number of hydrogen-bond acceptors (Lipinski definition) is 4. The molecule has 23 heavy (non-hydrogen) atoms. The van der Waals surface area contributed by atoms with E-state index in [-0.39, 0.29) is 6.61 Å². The monoisotopic (exact) mass is 312 g/mol. The summed E-state index contributed by atoms with van der Waals surface area (Å²) in [6.45, 7) is 5.30. The molecule has 0 radical (unpaired) electrons. The Morgan fingerprint density at radius 2 is 1.48 bits per heavy atom. The van der Waals surface area contributed by atoms with Gasteiger partial charge in [0, 0.05) is 38.4 Å². The largest absolute Gasteiger partial charge is 0.497 e. The van der Waals surface area contributed by atoms with Gasteiger partial charge in [0.05, 0.1) is 13.7 Å². The van der Waals surface area contributed by atoms with Crippen LogP contribution in [-0.4, -0.2) is 43.3 Å². The van der Waals surface area contributed by atoms with Crippen LogP contribution in [0.4, 0.5) is 5.69 Å². The molecule has 0 bridgehead atoms. The molecule has 0 amide bonds. The fourth-order valence-electron chi connectivity index (χ4n) is 2.97. The van der Waals surface area contributed by atoms with Crippen molar-refractivity contribution in [3.8, 4) is 5.75 Å². The fourth-order valence-corrected chi connectivity index (χ4v) is 2.97. The Labute approximate surface area is 137 Å². The molecule has 0 spiro atoms. The van der Waals surface area contributed by atoms with Gasteiger partial charge in [0.25, 0.3) is 0 Å². The number of aliphatic hydroxyl groups is 1. The minimum Gasteiger partial charge on any atom is -0.497 e. The summed E-state index contributed by atoms with van der Waals surface area (Å²) in [5, 5.41) is 9.10. The number of aliphatic hydroxyl groups excluding tert-OH is 1. The summed E-state index contributed by atoms with van der Waals surface area (Å²) in [7, 11) is 1.70. The Kier molecular flexibility index (Phi) is 5.16. The van der Waals surface area contributed by atoms with E-state index >= 15 is 0 Å². The Bertz CT molecular complexity index is 602. The summed E-state index contributed by atoms with van der Waals surface area (Å²) in [6.07, 6.45) is 0. The molecule has 1 aliphatic heterocycles. The fraction of sp³-hybridized carbons (Fsp3) is 0.368. The van der Waals surface area contributed by atoms with Crippen LogP contribution in [0.25, 0.3) is 0 Å². The molecule has 1 saturated heterocycles. The average Bonchev–Trinajstić information content (AvgIpc) is 2.63. The van der Waals surface area contributed by atoms with E-state index in [1.807, 2.05) is 24.3 Å². The van der Waals surface area contributed by atoms with Gasteiger partial charge in [-0.3, -0.25) is 4.90 Å². The number of piperazine rings is 1. The number of hydrogen-bond donors (Lipinski definition) is 1. The lowest BCUT2D eigenvalue weighted by molar-refractivity contribution is 0.249. The van der Waals surface area contributed by atoms with Crippen LogP contribution in [0.2, 0.25) is 0 Å². The van der Waals surface area contributed by atoms with Crippen LogP contribution >= 0.6 is 0 Å². The van der Waals surface area contributed by atoms with Gasteiger partial charge in [-0.05, 0) is 35.4 Å². The second kappa shape index (κ2) is 7.49. The highest BCUT2D eigenvalue weighted by molar-refractivity contribution is 5.49. The number of benzene rings is 2. The van der Waals surface area contributed by atoms with Gasteiger partial charge < -0.3 is 14.7 Å². The maximum absolute atomic E-state index is 9.10. The smallest absolute Gasteiger partial charge is 0.119 e. The van der Waals surface area contributed by atoms with Gasteiger partial charge in [-0.2, -0.15) is 0 Å². The molecule has 122 valence electrons. The predicted octanol–water partition coefficient (Wildman–Crippen LogP) is 2.51. The van der Waals surface area contributed by atoms with E-state index < -0.39 is 0 Å². The number of nitrogens with zero attached hydrogens (tertiary/aromatic N) is 2. The van der Waals surface area contributed by atoms with E-state index in [2.05, 4.69) is 34.1 Å². The first-order valence-electron chi connectivity index (χ1n) is 8.08. The van der Waals surface area contributed by atoms with Crippen LogP contribution in [0.3, 0.4) is 0 Å². The Morgan fingerprint density at radius 3 is 2.04 bits per heavy atom. The van der Waals surface area contributed by atoms with Crippen LogP contribution in [-0.2, 0) is 13.2 Å². The van der Waals surface area contributed by atoms with Crippen molar-refractivity contribution in [2.45, 2.75) is 13.2 Å². The zero-order chi connectivity index (χ0) is 16.1. The molecule has 3 rings (SSSR count). The normalized spacial score (nSPS) is 15.7. The topological polar surface area (TPSA) is 35.9 Å². The zero-order valence-corrected chi connectivity index (χ0v) is 13.6. The maximum atomic E-state index is 9.10. The molecular weight excluding hydrogens is 288 g/mol. The van der Waals surface area contributed by atoms with Crippen molar-refractivity contribution in [3.05, 3.63) is 59.7 Å². The Balaban J connectivity index is 1.53. The predicted molar refractivity (Wildman–Crippen MR) is 92.8 cm³/mol. The van der Waals surface area contributed by atoms with E-state index in [1.165, 1.54) is 11.3 Å². The summed E-state index contributed by atoms with van der Waals surface area (Å²) in [6, 6.07) is 16.5. The average molecular weight is 312 g/mol. The van der Waals surface area contributed by atoms with Crippen LogP contribution in [0.5, 0.6) is 5.75 Å².